The maximum atomic E-state index is 8.25. The Bertz CT molecular complexity index is 115. The molecule has 0 aromatic carbocycles. The predicted octanol–water partition coefficient (Wildman–Crippen LogP) is -5.67. The Morgan fingerprint density at radius 2 is 0.421 bits per heavy atom. The molecule has 0 aliphatic heterocycles. The summed E-state index contributed by atoms with van der Waals surface area (Å²) in [5.41, 5.74) is 0. The van der Waals surface area contributed by atoms with Gasteiger partial charge in [0, 0.05) is 40.4 Å². The first kappa shape index (κ1) is 83.3. The second-order valence-electron chi connectivity index (χ2n) is 0.671. The minimum Gasteiger partial charge on any atom is -0.412 e. The molecule has 0 unspecified atom stereocenters. The summed E-state index contributed by atoms with van der Waals surface area (Å²) >= 11 is 0. The van der Waals surface area contributed by atoms with Crippen molar-refractivity contribution < 1.29 is 88.5 Å². The fourth-order valence-corrected chi connectivity index (χ4v) is 0. The zero-order chi connectivity index (χ0) is 10.7. The molecular weight excluding hydrogens is 432 g/mol. The van der Waals surface area contributed by atoms with E-state index in [1.165, 1.54) is 0 Å². The molecule has 19 heteroatoms. The van der Waals surface area contributed by atoms with E-state index in [1.54, 1.807) is 0 Å². The topological polar surface area (TPSA) is 388 Å². The Morgan fingerprint density at radius 1 is 0.421 bits per heavy atom. The van der Waals surface area contributed by atoms with Gasteiger partial charge in [0.25, 0.3) is 0 Å². The summed E-state index contributed by atoms with van der Waals surface area (Å²) in [6, 6.07) is 0. The van der Waals surface area contributed by atoms with E-state index in [2.05, 4.69) is 0 Å². The quantitative estimate of drug-likeness (QED) is 0.253. The van der Waals surface area contributed by atoms with E-state index in [0.717, 1.165) is 0 Å². The van der Waals surface area contributed by atoms with E-state index in [-0.39, 0.29) is 73.2 Å². The Labute approximate surface area is 134 Å². The molecule has 126 valence electrons. The molecule has 0 aliphatic rings. The van der Waals surface area contributed by atoms with Crippen LogP contribution in [0.5, 0.6) is 0 Å². The van der Waals surface area contributed by atoms with Gasteiger partial charge in [0.05, 0.1) is 15.3 Å². The molecule has 0 saturated carbocycles. The summed E-state index contributed by atoms with van der Waals surface area (Å²) in [6.07, 6.45) is 0. The maximum Gasteiger partial charge on any atom is 0.0689 e. The van der Waals surface area contributed by atoms with Crippen LogP contribution in [0.25, 0.3) is 0 Å². The van der Waals surface area contributed by atoms with Crippen molar-refractivity contribution in [3.05, 3.63) is 46.0 Å². The minimum absolute atomic E-state index is 0. The minimum atomic E-state index is -1.75. The Hall–Kier alpha value is -1.30. The van der Waals surface area contributed by atoms with Gasteiger partial charge in [0.1, 0.15) is 0 Å². The monoisotopic (exact) mass is 446 g/mol. The number of rotatable bonds is 0. The van der Waals surface area contributed by atoms with Gasteiger partial charge in [-0.25, -0.2) is 0 Å². The van der Waals surface area contributed by atoms with Gasteiger partial charge in [0.2, 0.25) is 0 Å². The summed E-state index contributed by atoms with van der Waals surface area (Å²) in [7, 11) is 0. The van der Waals surface area contributed by atoms with Crippen LogP contribution in [0.2, 0.25) is 0 Å². The van der Waals surface area contributed by atoms with Crippen LogP contribution in [0.1, 0.15) is 0 Å². The van der Waals surface area contributed by atoms with Gasteiger partial charge in [-0.2, -0.15) is 0 Å². The molecule has 0 amide bonds. The third kappa shape index (κ3) is 2130. The van der Waals surface area contributed by atoms with E-state index >= 15 is 0 Å². The molecule has 0 aromatic rings. The Balaban J connectivity index is -0.00000000675. The molecular formula is H12N3O15Sm-3. The zero-order valence-corrected chi connectivity index (χ0v) is 11.0. The van der Waals surface area contributed by atoms with Crippen molar-refractivity contribution in [2.24, 2.45) is 0 Å². The van der Waals surface area contributed by atoms with Crippen molar-refractivity contribution >= 4 is 0 Å². The molecule has 19 heavy (non-hydrogen) atoms. The number of nitrogens with zero attached hydrogens (tertiary/aromatic N) is 3. The summed E-state index contributed by atoms with van der Waals surface area (Å²) < 4.78 is 0. The van der Waals surface area contributed by atoms with Gasteiger partial charge in [-0.3, -0.25) is 0 Å². The molecule has 0 bridgehead atoms. The Morgan fingerprint density at radius 3 is 0.421 bits per heavy atom. The first-order valence-corrected chi connectivity index (χ1v) is 1.64. The second kappa shape index (κ2) is 69.4. The smallest absolute Gasteiger partial charge is 0.0689 e. The molecule has 0 saturated heterocycles. The van der Waals surface area contributed by atoms with Gasteiger partial charge in [-0.05, 0) is 0 Å². The van der Waals surface area contributed by atoms with Gasteiger partial charge in [-0.1, -0.05) is 0 Å². The molecule has 0 aromatic heterocycles. The average Bonchev–Trinajstić information content (AvgIpc) is 1.54. The SMILES string of the molecule is O.O.O.O.O.O.O=[N+]([O-])[O-].O=[N+]([O-])[O-].O=[N+]([O-])[O-].[Sm]. The van der Waals surface area contributed by atoms with Gasteiger partial charge in [-0.15, -0.1) is 0 Å². The molecule has 18 nitrogen and oxygen atoms in total. The van der Waals surface area contributed by atoms with Crippen molar-refractivity contribution in [2.45, 2.75) is 0 Å². The van der Waals surface area contributed by atoms with Crippen LogP contribution in [-0.4, -0.2) is 48.1 Å². The standard InChI is InChI=1S/3NO3.6H2O.Sm/c3*2-1(3)4;;;;;;;/h;;;6*1H2;/q3*-1;;;;;;;. The van der Waals surface area contributed by atoms with Crippen LogP contribution in [0, 0.1) is 86.4 Å². The zero-order valence-electron chi connectivity index (χ0n) is 8.42. The van der Waals surface area contributed by atoms with Crippen LogP contribution in [0.15, 0.2) is 0 Å². The van der Waals surface area contributed by atoms with Crippen LogP contribution < -0.4 is 0 Å². The summed E-state index contributed by atoms with van der Waals surface area (Å²) in [6.45, 7) is 0. The van der Waals surface area contributed by atoms with Crippen LogP contribution in [0.4, 0.5) is 0 Å². The van der Waals surface area contributed by atoms with Crippen LogP contribution in [0.3, 0.4) is 0 Å². The van der Waals surface area contributed by atoms with E-state index in [4.69, 9.17) is 46.0 Å². The second-order valence-corrected chi connectivity index (χ2v) is 0.671. The van der Waals surface area contributed by atoms with Crippen molar-refractivity contribution in [3.8, 4) is 0 Å². The first-order chi connectivity index (χ1) is 5.20. The van der Waals surface area contributed by atoms with E-state index in [0.29, 0.717) is 0 Å². The summed E-state index contributed by atoms with van der Waals surface area (Å²) in [5, 5.41) is 44.2. The summed E-state index contributed by atoms with van der Waals surface area (Å²) in [5.74, 6) is 0. The van der Waals surface area contributed by atoms with Crippen LogP contribution >= 0.6 is 0 Å². The van der Waals surface area contributed by atoms with Crippen LogP contribution in [-0.2, 0) is 0 Å². The van der Waals surface area contributed by atoms with E-state index in [9.17, 15) is 0 Å². The fraction of sp³-hybridized carbons (Fsp3) is 0. The maximum absolute atomic E-state index is 8.25. The number of hydrogen-bond donors (Lipinski definition) is 0. The molecule has 0 atom stereocenters. The van der Waals surface area contributed by atoms with Crippen molar-refractivity contribution in [2.75, 3.05) is 0 Å². The average molecular weight is 444 g/mol. The van der Waals surface area contributed by atoms with E-state index < -0.39 is 15.3 Å². The third-order valence-electron chi connectivity index (χ3n) is 0. The summed E-state index contributed by atoms with van der Waals surface area (Å²) in [4.78, 5) is 24.8. The van der Waals surface area contributed by atoms with E-state index in [1.807, 2.05) is 0 Å². The third-order valence-corrected chi connectivity index (χ3v) is 0. The molecule has 0 heterocycles. The normalized spacial score (nSPS) is 3.79. The van der Waals surface area contributed by atoms with Crippen molar-refractivity contribution in [1.29, 1.82) is 0 Å². The Kier molecular flexibility index (Phi) is 304. The molecule has 12 N–H and O–H groups in total. The van der Waals surface area contributed by atoms with Crippen molar-refractivity contribution in [3.63, 3.8) is 0 Å². The first-order valence-electron chi connectivity index (χ1n) is 1.64. The molecule has 0 aliphatic carbocycles. The molecule has 0 spiro atoms. The molecule has 0 rings (SSSR count). The largest absolute Gasteiger partial charge is 0.412 e. The van der Waals surface area contributed by atoms with Crippen molar-refractivity contribution in [1.82, 2.24) is 0 Å². The van der Waals surface area contributed by atoms with Gasteiger partial charge < -0.3 is 78.8 Å². The molecule has 0 fully saturated rings. The molecule has 0 radical (unpaired) electrons. The van der Waals surface area contributed by atoms with Gasteiger partial charge >= 0.3 is 0 Å². The van der Waals surface area contributed by atoms with Gasteiger partial charge in [0.15, 0.2) is 0 Å². The predicted molar refractivity (Wildman–Crippen MR) is 52.8 cm³/mol. The number of hydrogen-bond acceptors (Lipinski definition) is 9. The fourth-order valence-electron chi connectivity index (χ4n) is 0.